The molecule has 0 spiro atoms. The Kier molecular flexibility index (Phi) is 7.18. The number of rotatable bonds is 8. The van der Waals surface area contributed by atoms with Crippen molar-refractivity contribution in [2.75, 3.05) is 26.5 Å². The van der Waals surface area contributed by atoms with Crippen LogP contribution in [-0.2, 0) is 6.54 Å². The van der Waals surface area contributed by atoms with Crippen LogP contribution in [0, 0.1) is 0 Å². The highest BCUT2D eigenvalue weighted by molar-refractivity contribution is 9.10. The van der Waals surface area contributed by atoms with E-state index in [9.17, 15) is 0 Å². The zero-order valence-corrected chi connectivity index (χ0v) is 13.2. The molecule has 0 aliphatic heterocycles. The van der Waals surface area contributed by atoms with Crippen LogP contribution in [0.3, 0.4) is 0 Å². The summed E-state index contributed by atoms with van der Waals surface area (Å²) in [7, 11) is 4.09. The minimum atomic E-state index is 0.0720. The Hall–Kier alpha value is -0.140. The Morgan fingerprint density at radius 1 is 1.61 bits per heavy atom. The predicted molar refractivity (Wildman–Crippen MR) is 78.5 cm³/mol. The van der Waals surface area contributed by atoms with Crippen molar-refractivity contribution in [2.45, 2.75) is 25.4 Å². The van der Waals surface area contributed by atoms with Crippen molar-refractivity contribution >= 4 is 27.5 Å². The first kappa shape index (κ1) is 15.9. The minimum Gasteiger partial charge on any atom is -0.308 e. The third kappa shape index (κ3) is 4.51. The topological polar surface area (TPSA) is 59.1 Å². The summed E-state index contributed by atoms with van der Waals surface area (Å²) in [6.07, 6.45) is 3.63. The van der Waals surface area contributed by atoms with E-state index < -0.39 is 0 Å². The van der Waals surface area contributed by atoms with Gasteiger partial charge in [-0.1, -0.05) is 0 Å². The molecule has 5 nitrogen and oxygen atoms in total. The smallest absolute Gasteiger partial charge is 0.0709 e. The summed E-state index contributed by atoms with van der Waals surface area (Å²) < 4.78 is 2.97. The van der Waals surface area contributed by atoms with E-state index in [2.05, 4.69) is 31.4 Å². The third-order valence-electron chi connectivity index (χ3n) is 2.75. The van der Waals surface area contributed by atoms with Crippen molar-refractivity contribution in [3.05, 3.63) is 16.4 Å². The summed E-state index contributed by atoms with van der Waals surface area (Å²) in [6, 6.07) is 0.0720. The molecule has 0 saturated carbocycles. The molecule has 0 radical (unpaired) electrons. The normalized spacial score (nSPS) is 13.2. The van der Waals surface area contributed by atoms with Crippen LogP contribution in [0.1, 0.15) is 24.6 Å². The van der Waals surface area contributed by atoms with Crippen molar-refractivity contribution in [2.24, 2.45) is 5.84 Å². The summed E-state index contributed by atoms with van der Waals surface area (Å²) in [5, 5.41) is 4.38. The number of nitrogens with two attached hydrogens (primary N) is 1. The van der Waals surface area contributed by atoms with E-state index in [1.54, 1.807) is 0 Å². The second-order valence-electron chi connectivity index (χ2n) is 4.45. The summed E-state index contributed by atoms with van der Waals surface area (Å²) in [5.74, 6) is 6.27. The van der Waals surface area contributed by atoms with Crippen LogP contribution in [-0.4, -0.2) is 41.2 Å². The van der Waals surface area contributed by atoms with Gasteiger partial charge in [-0.25, -0.2) is 0 Å². The van der Waals surface area contributed by atoms with Gasteiger partial charge < -0.3 is 4.90 Å². The molecule has 1 aromatic rings. The van der Waals surface area contributed by atoms with Crippen molar-refractivity contribution in [3.63, 3.8) is 0 Å². The maximum Gasteiger partial charge on any atom is 0.0709 e. The van der Waals surface area contributed by atoms with E-state index in [1.165, 1.54) is 0 Å². The number of halogens is 2. The van der Waals surface area contributed by atoms with E-state index >= 15 is 0 Å². The first-order valence-corrected chi connectivity index (χ1v) is 7.31. The minimum absolute atomic E-state index is 0.0720. The fourth-order valence-electron chi connectivity index (χ4n) is 1.77. The summed E-state index contributed by atoms with van der Waals surface area (Å²) in [4.78, 5) is 2.13. The van der Waals surface area contributed by atoms with Gasteiger partial charge in [-0.05, 0) is 42.9 Å². The lowest BCUT2D eigenvalue weighted by Gasteiger charge is -2.19. The van der Waals surface area contributed by atoms with E-state index in [-0.39, 0.29) is 6.04 Å². The van der Waals surface area contributed by atoms with Gasteiger partial charge in [0.15, 0.2) is 0 Å². The van der Waals surface area contributed by atoms with Gasteiger partial charge in [0.1, 0.15) is 0 Å². The molecule has 0 fully saturated rings. The number of nitrogens with one attached hydrogen (secondary N) is 1. The van der Waals surface area contributed by atoms with Crippen molar-refractivity contribution in [3.8, 4) is 0 Å². The molecule has 1 rings (SSSR count). The van der Waals surface area contributed by atoms with E-state index in [1.807, 2.05) is 25.0 Å². The molecule has 0 aromatic carbocycles. The Labute approximate surface area is 122 Å². The van der Waals surface area contributed by atoms with Gasteiger partial charge >= 0.3 is 0 Å². The molecule has 104 valence electrons. The monoisotopic (exact) mass is 337 g/mol. The number of likely N-dealkylation sites (N-methyl/N-ethyl adjacent to an activating group) is 1. The maximum atomic E-state index is 5.74. The molecular weight excluding hydrogens is 318 g/mol. The van der Waals surface area contributed by atoms with Crippen LogP contribution < -0.4 is 11.3 Å². The van der Waals surface area contributed by atoms with Gasteiger partial charge in [0, 0.05) is 12.4 Å². The summed E-state index contributed by atoms with van der Waals surface area (Å²) in [5.41, 5.74) is 3.93. The number of hydrogen-bond donors (Lipinski definition) is 2. The number of nitrogens with zero attached hydrogens (tertiary/aromatic N) is 3. The van der Waals surface area contributed by atoms with Crippen LogP contribution in [0.15, 0.2) is 10.7 Å². The fraction of sp³-hybridized carbons (Fsp3) is 0.727. The standard InChI is InChI=1S/C11H21BrClN5/c1-17(2)6-7-18-11(9(12)8-15-18)10(16-14)4-3-5-13/h8,10,16H,3-7,14H2,1-2H3. The lowest BCUT2D eigenvalue weighted by Crippen LogP contribution is -2.31. The van der Waals surface area contributed by atoms with E-state index in [0.29, 0.717) is 5.88 Å². The molecule has 7 heteroatoms. The zero-order valence-electron chi connectivity index (χ0n) is 10.9. The number of alkyl halides is 1. The zero-order chi connectivity index (χ0) is 13.5. The Morgan fingerprint density at radius 2 is 2.33 bits per heavy atom. The first-order valence-electron chi connectivity index (χ1n) is 5.98. The molecule has 0 bridgehead atoms. The van der Waals surface area contributed by atoms with Crippen LogP contribution in [0.5, 0.6) is 0 Å². The van der Waals surface area contributed by atoms with Crippen LogP contribution >= 0.6 is 27.5 Å². The van der Waals surface area contributed by atoms with Crippen molar-refractivity contribution < 1.29 is 0 Å². The molecule has 0 saturated heterocycles. The summed E-state index contributed by atoms with van der Waals surface area (Å²) >= 11 is 9.27. The first-order chi connectivity index (χ1) is 8.60. The Bertz CT molecular complexity index is 355. The average Bonchev–Trinajstić information content (AvgIpc) is 2.70. The van der Waals surface area contributed by atoms with Crippen LogP contribution in [0.25, 0.3) is 0 Å². The highest BCUT2D eigenvalue weighted by Gasteiger charge is 2.18. The van der Waals surface area contributed by atoms with Gasteiger partial charge in [-0.3, -0.25) is 16.0 Å². The van der Waals surface area contributed by atoms with Crippen molar-refractivity contribution in [1.82, 2.24) is 20.1 Å². The van der Waals surface area contributed by atoms with Gasteiger partial charge in [0.25, 0.3) is 0 Å². The molecule has 0 aliphatic rings. The second kappa shape index (κ2) is 8.12. The number of hydrogen-bond acceptors (Lipinski definition) is 4. The highest BCUT2D eigenvalue weighted by Crippen LogP contribution is 2.26. The lowest BCUT2D eigenvalue weighted by molar-refractivity contribution is 0.359. The Balaban J connectivity index is 2.80. The summed E-state index contributed by atoms with van der Waals surface area (Å²) in [6.45, 7) is 1.78. The van der Waals surface area contributed by atoms with Gasteiger partial charge in [0.2, 0.25) is 0 Å². The highest BCUT2D eigenvalue weighted by atomic mass is 79.9. The molecule has 1 heterocycles. The number of aromatic nitrogens is 2. The maximum absolute atomic E-state index is 5.74. The van der Waals surface area contributed by atoms with Crippen LogP contribution in [0.4, 0.5) is 0 Å². The van der Waals surface area contributed by atoms with Crippen molar-refractivity contribution in [1.29, 1.82) is 0 Å². The third-order valence-corrected chi connectivity index (χ3v) is 3.63. The molecule has 0 amide bonds. The average molecular weight is 339 g/mol. The molecule has 1 aromatic heterocycles. The van der Waals surface area contributed by atoms with Gasteiger partial charge in [-0.15, -0.1) is 11.6 Å². The molecular formula is C11H21BrClN5. The van der Waals surface area contributed by atoms with Gasteiger partial charge in [-0.2, -0.15) is 5.10 Å². The van der Waals surface area contributed by atoms with Crippen LogP contribution in [0.2, 0.25) is 0 Å². The molecule has 1 unspecified atom stereocenters. The Morgan fingerprint density at radius 3 is 2.89 bits per heavy atom. The predicted octanol–water partition coefficient (Wildman–Crippen LogP) is 1.73. The number of hydrazine groups is 1. The molecule has 1 atom stereocenters. The fourth-order valence-corrected chi connectivity index (χ4v) is 2.50. The largest absolute Gasteiger partial charge is 0.308 e. The van der Waals surface area contributed by atoms with E-state index in [4.69, 9.17) is 17.4 Å². The lowest BCUT2D eigenvalue weighted by atomic mass is 10.1. The second-order valence-corrected chi connectivity index (χ2v) is 5.69. The van der Waals surface area contributed by atoms with E-state index in [0.717, 1.165) is 36.1 Å². The SMILES string of the molecule is CN(C)CCn1ncc(Br)c1C(CCCCl)NN. The molecule has 0 aliphatic carbocycles. The van der Waals surface area contributed by atoms with Gasteiger partial charge in [0.05, 0.1) is 29.0 Å². The molecule has 18 heavy (non-hydrogen) atoms. The quantitative estimate of drug-likeness (QED) is 0.430. The molecule has 3 N–H and O–H groups in total.